The van der Waals surface area contributed by atoms with Crippen LogP contribution in [0.2, 0.25) is 0 Å². The summed E-state index contributed by atoms with van der Waals surface area (Å²) < 4.78 is 0. The molecule has 1 aliphatic rings. The van der Waals surface area contributed by atoms with Crippen LogP contribution in [0.1, 0.15) is 20.8 Å². The Kier molecular flexibility index (Phi) is 4.13. The molecule has 0 amide bonds. The predicted octanol–water partition coefficient (Wildman–Crippen LogP) is 2.38. The van der Waals surface area contributed by atoms with Crippen molar-refractivity contribution in [3.63, 3.8) is 0 Å². The van der Waals surface area contributed by atoms with E-state index in [1.165, 1.54) is 5.57 Å². The molecule has 0 aromatic rings. The fourth-order valence-electron chi connectivity index (χ4n) is 0.333. The van der Waals surface area contributed by atoms with Gasteiger partial charge in [0.15, 0.2) is 0 Å². The fraction of sp³-hybridized carbons (Fsp3) is 0.667. The summed E-state index contributed by atoms with van der Waals surface area (Å²) in [5.74, 6) is 0. The topological polar surface area (TPSA) is 24.7 Å². The first-order valence-electron chi connectivity index (χ1n) is 2.92. The lowest BCUT2D eigenvalue weighted by Gasteiger charge is -1.74. The summed E-state index contributed by atoms with van der Waals surface area (Å²) in [7, 11) is 0. The minimum absolute atomic E-state index is 0.806. The average Bonchev–Trinajstić information content (AvgIpc) is 2.24. The van der Waals surface area contributed by atoms with Gasteiger partial charge in [0, 0.05) is 6.20 Å². The van der Waals surface area contributed by atoms with E-state index >= 15 is 0 Å². The van der Waals surface area contributed by atoms with Crippen LogP contribution in [-0.2, 0) is 0 Å². The van der Waals surface area contributed by atoms with Gasteiger partial charge in [-0.1, -0.05) is 13.8 Å². The van der Waals surface area contributed by atoms with Crippen LogP contribution in [0.15, 0.2) is 22.0 Å². The van der Waals surface area contributed by atoms with E-state index in [0.717, 1.165) is 6.54 Å². The van der Waals surface area contributed by atoms with Gasteiger partial charge in [-0.05, 0) is 12.5 Å². The molecule has 0 bridgehead atoms. The summed E-state index contributed by atoms with van der Waals surface area (Å²) in [6, 6.07) is 0. The highest BCUT2D eigenvalue weighted by molar-refractivity contribution is 5.01. The fourth-order valence-corrected chi connectivity index (χ4v) is 0.333. The molecule has 0 atom stereocenters. The normalized spacial score (nSPS) is 14.6. The number of rotatable bonds is 0. The van der Waals surface area contributed by atoms with Crippen molar-refractivity contribution in [3.05, 3.63) is 11.8 Å². The Morgan fingerprint density at radius 1 is 1.50 bits per heavy atom. The molecule has 2 nitrogen and oxygen atoms in total. The van der Waals surface area contributed by atoms with Gasteiger partial charge in [-0.15, -0.1) is 0 Å². The molecule has 0 spiro atoms. The molecule has 1 aliphatic heterocycles. The van der Waals surface area contributed by atoms with Gasteiger partial charge < -0.3 is 0 Å². The van der Waals surface area contributed by atoms with Crippen LogP contribution in [0.3, 0.4) is 0 Å². The van der Waals surface area contributed by atoms with Gasteiger partial charge in [0.2, 0.25) is 0 Å². The smallest absolute Gasteiger partial charge is 0.0829 e. The van der Waals surface area contributed by atoms with Crippen LogP contribution in [-0.4, -0.2) is 6.54 Å². The SMILES string of the molecule is CC.CC1=CN=NC1. The summed E-state index contributed by atoms with van der Waals surface area (Å²) >= 11 is 0. The molecule has 0 unspecified atom stereocenters. The van der Waals surface area contributed by atoms with Crippen molar-refractivity contribution in [2.24, 2.45) is 10.2 Å². The van der Waals surface area contributed by atoms with Gasteiger partial charge in [0.1, 0.15) is 0 Å². The first-order chi connectivity index (χ1) is 3.89. The van der Waals surface area contributed by atoms with Crippen LogP contribution in [0.4, 0.5) is 0 Å². The van der Waals surface area contributed by atoms with Crippen LogP contribution >= 0.6 is 0 Å². The maximum atomic E-state index is 3.70. The Balaban J connectivity index is 0.000000222. The van der Waals surface area contributed by atoms with E-state index in [0.29, 0.717) is 0 Å². The zero-order chi connectivity index (χ0) is 6.41. The van der Waals surface area contributed by atoms with Gasteiger partial charge in [-0.25, -0.2) is 0 Å². The van der Waals surface area contributed by atoms with Gasteiger partial charge in [0.05, 0.1) is 6.54 Å². The summed E-state index contributed by atoms with van der Waals surface area (Å²) in [4.78, 5) is 0. The minimum atomic E-state index is 0.806. The molecule has 8 heavy (non-hydrogen) atoms. The molecule has 1 heterocycles. The zero-order valence-electron chi connectivity index (χ0n) is 5.68. The molecule has 0 fully saturated rings. The third-order valence-corrected chi connectivity index (χ3v) is 0.680. The Morgan fingerprint density at radius 2 is 2.12 bits per heavy atom. The van der Waals surface area contributed by atoms with Crippen LogP contribution in [0.5, 0.6) is 0 Å². The second-order valence-corrected chi connectivity index (χ2v) is 1.39. The van der Waals surface area contributed by atoms with Crippen molar-refractivity contribution < 1.29 is 0 Å². The minimum Gasteiger partial charge on any atom is -0.185 e. The molecule has 0 radical (unpaired) electrons. The molecule has 0 aromatic heterocycles. The van der Waals surface area contributed by atoms with Crippen molar-refractivity contribution >= 4 is 0 Å². The van der Waals surface area contributed by atoms with Crippen molar-refractivity contribution in [1.29, 1.82) is 0 Å². The average molecular weight is 112 g/mol. The lowest BCUT2D eigenvalue weighted by Crippen LogP contribution is -1.70. The Bertz CT molecular complexity index is 103. The second kappa shape index (κ2) is 4.50. The first-order valence-corrected chi connectivity index (χ1v) is 2.92. The molecule has 0 N–H and O–H groups in total. The van der Waals surface area contributed by atoms with Crippen molar-refractivity contribution in [2.75, 3.05) is 6.54 Å². The van der Waals surface area contributed by atoms with Crippen LogP contribution in [0.25, 0.3) is 0 Å². The van der Waals surface area contributed by atoms with Crippen molar-refractivity contribution in [1.82, 2.24) is 0 Å². The molecule has 1 rings (SSSR count). The molecule has 0 saturated heterocycles. The van der Waals surface area contributed by atoms with Gasteiger partial charge in [-0.3, -0.25) is 0 Å². The predicted molar refractivity (Wildman–Crippen MR) is 34.8 cm³/mol. The third-order valence-electron chi connectivity index (χ3n) is 0.680. The van der Waals surface area contributed by atoms with E-state index in [-0.39, 0.29) is 0 Å². The molecule has 2 heteroatoms. The van der Waals surface area contributed by atoms with E-state index in [9.17, 15) is 0 Å². The number of hydrogen-bond acceptors (Lipinski definition) is 2. The van der Waals surface area contributed by atoms with E-state index in [1.807, 2.05) is 20.8 Å². The van der Waals surface area contributed by atoms with E-state index in [2.05, 4.69) is 10.2 Å². The van der Waals surface area contributed by atoms with Crippen molar-refractivity contribution in [3.8, 4) is 0 Å². The summed E-state index contributed by atoms with van der Waals surface area (Å²) in [5, 5.41) is 7.32. The highest BCUT2D eigenvalue weighted by Gasteiger charge is 1.88. The van der Waals surface area contributed by atoms with Gasteiger partial charge in [-0.2, -0.15) is 10.2 Å². The standard InChI is InChI=1S/C4H6N2.C2H6/c1-4-2-5-6-3-4;1-2/h2H,3H2,1H3;1-2H3. The second-order valence-electron chi connectivity index (χ2n) is 1.39. The van der Waals surface area contributed by atoms with Crippen molar-refractivity contribution in [2.45, 2.75) is 20.8 Å². The van der Waals surface area contributed by atoms with E-state index in [4.69, 9.17) is 0 Å². The van der Waals surface area contributed by atoms with Gasteiger partial charge in [0.25, 0.3) is 0 Å². The Hall–Kier alpha value is -0.660. The molecular weight excluding hydrogens is 100 g/mol. The molecule has 0 aliphatic carbocycles. The third kappa shape index (κ3) is 2.50. The number of nitrogens with zero attached hydrogens (tertiary/aromatic N) is 2. The highest BCUT2D eigenvalue weighted by Crippen LogP contribution is 2.00. The highest BCUT2D eigenvalue weighted by atomic mass is 15.1. The van der Waals surface area contributed by atoms with E-state index in [1.54, 1.807) is 6.20 Å². The number of azo groups is 1. The quantitative estimate of drug-likeness (QED) is 0.459. The lowest BCUT2D eigenvalue weighted by molar-refractivity contribution is 1.10. The number of hydrogen-bond donors (Lipinski definition) is 0. The first kappa shape index (κ1) is 7.34. The lowest BCUT2D eigenvalue weighted by atomic mass is 10.4. The summed E-state index contributed by atoms with van der Waals surface area (Å²) in [6.45, 7) is 6.82. The molecule has 0 saturated carbocycles. The molecular formula is C6H12N2. The Labute approximate surface area is 50.3 Å². The maximum absolute atomic E-state index is 3.70. The van der Waals surface area contributed by atoms with Crippen LogP contribution in [0, 0.1) is 0 Å². The monoisotopic (exact) mass is 112 g/mol. The maximum Gasteiger partial charge on any atom is 0.0829 e. The van der Waals surface area contributed by atoms with Crippen LogP contribution < -0.4 is 0 Å². The Morgan fingerprint density at radius 3 is 2.25 bits per heavy atom. The zero-order valence-corrected chi connectivity index (χ0v) is 5.68. The summed E-state index contributed by atoms with van der Waals surface area (Å²) in [6.07, 6.45) is 1.78. The largest absolute Gasteiger partial charge is 0.185 e. The molecule has 0 aromatic carbocycles. The van der Waals surface area contributed by atoms with Gasteiger partial charge >= 0.3 is 0 Å². The molecule has 46 valence electrons. The summed E-state index contributed by atoms with van der Waals surface area (Å²) in [5.41, 5.74) is 1.25. The van der Waals surface area contributed by atoms with E-state index < -0.39 is 0 Å².